The van der Waals surface area contributed by atoms with Gasteiger partial charge in [-0.05, 0) is 12.5 Å². The van der Waals surface area contributed by atoms with Crippen molar-refractivity contribution in [2.45, 2.75) is 32.6 Å². The predicted molar refractivity (Wildman–Crippen MR) is 65.2 cm³/mol. The third-order valence-electron chi connectivity index (χ3n) is 2.41. The Hall–Kier alpha value is -1.58. The van der Waals surface area contributed by atoms with Crippen LogP contribution in [0.15, 0.2) is 18.3 Å². The van der Waals surface area contributed by atoms with Crippen molar-refractivity contribution >= 4 is 5.97 Å². The van der Waals surface area contributed by atoms with Crippen LogP contribution in [0.2, 0.25) is 0 Å². The maximum absolute atomic E-state index is 11.6. The van der Waals surface area contributed by atoms with Gasteiger partial charge in [-0.2, -0.15) is 0 Å². The predicted octanol–water partition coefficient (Wildman–Crippen LogP) is 2.83. The highest BCUT2D eigenvalue weighted by molar-refractivity contribution is 5.89. The van der Waals surface area contributed by atoms with Gasteiger partial charge in [0.2, 0.25) is 5.88 Å². The second-order valence-electron chi connectivity index (χ2n) is 3.79. The van der Waals surface area contributed by atoms with Gasteiger partial charge in [-0.3, -0.25) is 0 Å². The molecule has 17 heavy (non-hydrogen) atoms. The maximum Gasteiger partial charge on any atom is 0.339 e. The summed E-state index contributed by atoms with van der Waals surface area (Å²) in [6.45, 7) is 2.62. The molecule has 0 aliphatic carbocycles. The van der Waals surface area contributed by atoms with E-state index in [0.717, 1.165) is 12.8 Å². The Morgan fingerprint density at radius 3 is 2.71 bits per heavy atom. The zero-order valence-electron chi connectivity index (χ0n) is 10.4. The van der Waals surface area contributed by atoms with Gasteiger partial charge < -0.3 is 9.47 Å². The molecule has 0 bridgehead atoms. The molecule has 0 aliphatic heterocycles. The van der Waals surface area contributed by atoms with Gasteiger partial charge in [0.25, 0.3) is 0 Å². The van der Waals surface area contributed by atoms with Crippen LogP contribution in [0.4, 0.5) is 0 Å². The minimum absolute atomic E-state index is 0.323. The molecule has 1 rings (SSSR count). The van der Waals surface area contributed by atoms with E-state index in [2.05, 4.69) is 11.9 Å². The quantitative estimate of drug-likeness (QED) is 0.540. The molecule has 4 heteroatoms. The molecule has 0 fully saturated rings. The molecule has 0 spiro atoms. The number of carbonyl (C=O) groups is 1. The van der Waals surface area contributed by atoms with Crippen molar-refractivity contribution in [3.63, 3.8) is 0 Å². The summed E-state index contributed by atoms with van der Waals surface area (Å²) in [5, 5.41) is 0. The van der Waals surface area contributed by atoms with Crippen LogP contribution >= 0.6 is 0 Å². The third kappa shape index (κ3) is 4.85. The van der Waals surface area contributed by atoms with Crippen molar-refractivity contribution in [2.75, 3.05) is 13.7 Å². The topological polar surface area (TPSA) is 48.4 Å². The van der Waals surface area contributed by atoms with Crippen molar-refractivity contribution in [1.29, 1.82) is 0 Å². The van der Waals surface area contributed by atoms with Crippen LogP contribution in [0.3, 0.4) is 0 Å². The summed E-state index contributed by atoms with van der Waals surface area (Å²) in [7, 11) is 1.54. The average molecular weight is 237 g/mol. The zero-order chi connectivity index (χ0) is 12.5. The molecule has 0 radical (unpaired) electrons. The Labute approximate surface area is 102 Å². The lowest BCUT2D eigenvalue weighted by atomic mass is 10.2. The highest BCUT2D eigenvalue weighted by Gasteiger charge is 2.07. The van der Waals surface area contributed by atoms with E-state index in [0.29, 0.717) is 18.1 Å². The average Bonchev–Trinajstić information content (AvgIpc) is 2.38. The summed E-state index contributed by atoms with van der Waals surface area (Å²) < 4.78 is 10.0. The fourth-order valence-corrected chi connectivity index (χ4v) is 1.40. The molecule has 1 heterocycles. The minimum Gasteiger partial charge on any atom is -0.481 e. The van der Waals surface area contributed by atoms with Crippen molar-refractivity contribution in [1.82, 2.24) is 4.98 Å². The first-order valence-electron chi connectivity index (χ1n) is 5.95. The molecule has 0 aromatic carbocycles. The van der Waals surface area contributed by atoms with Crippen molar-refractivity contribution in [3.8, 4) is 5.88 Å². The van der Waals surface area contributed by atoms with Crippen LogP contribution in [0.1, 0.15) is 43.0 Å². The number of esters is 1. The largest absolute Gasteiger partial charge is 0.481 e. The van der Waals surface area contributed by atoms with Gasteiger partial charge in [0.1, 0.15) is 0 Å². The van der Waals surface area contributed by atoms with E-state index in [1.807, 2.05) is 0 Å². The van der Waals surface area contributed by atoms with Crippen LogP contribution in [0.5, 0.6) is 5.88 Å². The van der Waals surface area contributed by atoms with Crippen LogP contribution in [-0.2, 0) is 4.74 Å². The van der Waals surface area contributed by atoms with E-state index in [4.69, 9.17) is 9.47 Å². The first-order chi connectivity index (χ1) is 8.27. The maximum atomic E-state index is 11.6. The van der Waals surface area contributed by atoms with Gasteiger partial charge in [0, 0.05) is 12.3 Å². The molecule has 0 atom stereocenters. The van der Waals surface area contributed by atoms with Crippen molar-refractivity contribution in [3.05, 3.63) is 23.9 Å². The standard InChI is InChI=1S/C13H19NO3/c1-3-4-5-6-9-17-13(15)11-7-8-12(16-2)14-10-11/h7-8,10H,3-6,9H2,1-2H3. The van der Waals surface area contributed by atoms with Gasteiger partial charge in [0.15, 0.2) is 0 Å². The highest BCUT2D eigenvalue weighted by Crippen LogP contribution is 2.08. The minimum atomic E-state index is -0.323. The van der Waals surface area contributed by atoms with E-state index < -0.39 is 0 Å². The van der Waals surface area contributed by atoms with Gasteiger partial charge in [0.05, 0.1) is 19.3 Å². The third-order valence-corrected chi connectivity index (χ3v) is 2.41. The summed E-state index contributed by atoms with van der Waals surface area (Å²) in [5.74, 6) is 0.168. The molecule has 0 N–H and O–H groups in total. The molecule has 0 saturated heterocycles. The van der Waals surface area contributed by atoms with Crippen molar-refractivity contribution < 1.29 is 14.3 Å². The van der Waals surface area contributed by atoms with E-state index in [1.165, 1.54) is 26.1 Å². The molecule has 0 saturated carbocycles. The summed E-state index contributed by atoms with van der Waals surface area (Å²) in [6, 6.07) is 3.30. The van der Waals surface area contributed by atoms with Gasteiger partial charge in [-0.25, -0.2) is 9.78 Å². The number of carbonyl (C=O) groups excluding carboxylic acids is 1. The highest BCUT2D eigenvalue weighted by atomic mass is 16.5. The Balaban J connectivity index is 2.31. The van der Waals surface area contributed by atoms with Crippen LogP contribution in [-0.4, -0.2) is 24.7 Å². The first kappa shape index (κ1) is 13.5. The molecule has 1 aromatic heterocycles. The fraction of sp³-hybridized carbons (Fsp3) is 0.538. The van der Waals surface area contributed by atoms with Crippen molar-refractivity contribution in [2.24, 2.45) is 0 Å². The smallest absolute Gasteiger partial charge is 0.339 e. The van der Waals surface area contributed by atoms with E-state index in [-0.39, 0.29) is 5.97 Å². The Kier molecular flexibility index (Phi) is 6.07. The summed E-state index contributed by atoms with van der Waals surface area (Å²) >= 11 is 0. The van der Waals surface area contributed by atoms with E-state index >= 15 is 0 Å². The van der Waals surface area contributed by atoms with Crippen LogP contribution < -0.4 is 4.74 Å². The lowest BCUT2D eigenvalue weighted by Gasteiger charge is -2.04. The van der Waals surface area contributed by atoms with Crippen LogP contribution in [0, 0.1) is 0 Å². The SMILES string of the molecule is CCCCCCOC(=O)c1ccc(OC)nc1. The molecular formula is C13H19NO3. The number of methoxy groups -OCH3 is 1. The molecule has 0 amide bonds. The Morgan fingerprint density at radius 2 is 2.12 bits per heavy atom. The summed E-state index contributed by atoms with van der Waals surface area (Å²) in [5.41, 5.74) is 0.460. The summed E-state index contributed by atoms with van der Waals surface area (Å²) in [6.07, 6.45) is 5.85. The number of aromatic nitrogens is 1. The van der Waals surface area contributed by atoms with Gasteiger partial charge >= 0.3 is 5.97 Å². The second kappa shape index (κ2) is 7.65. The number of rotatable bonds is 7. The Morgan fingerprint density at radius 1 is 1.29 bits per heavy atom. The Bertz CT molecular complexity index is 335. The first-order valence-corrected chi connectivity index (χ1v) is 5.95. The summed E-state index contributed by atoms with van der Waals surface area (Å²) in [4.78, 5) is 15.5. The number of pyridine rings is 1. The molecule has 0 unspecified atom stereocenters. The number of nitrogens with zero attached hydrogens (tertiary/aromatic N) is 1. The zero-order valence-corrected chi connectivity index (χ0v) is 10.4. The van der Waals surface area contributed by atoms with Gasteiger partial charge in [-0.15, -0.1) is 0 Å². The number of ether oxygens (including phenoxy) is 2. The number of unbranched alkanes of at least 4 members (excludes halogenated alkanes) is 3. The second-order valence-corrected chi connectivity index (χ2v) is 3.79. The fourth-order valence-electron chi connectivity index (χ4n) is 1.40. The number of hydrogen-bond donors (Lipinski definition) is 0. The van der Waals surface area contributed by atoms with Crippen LogP contribution in [0.25, 0.3) is 0 Å². The molecule has 1 aromatic rings. The normalized spacial score (nSPS) is 10.0. The number of hydrogen-bond acceptors (Lipinski definition) is 4. The molecule has 4 nitrogen and oxygen atoms in total. The monoisotopic (exact) mass is 237 g/mol. The molecular weight excluding hydrogens is 218 g/mol. The molecule has 94 valence electrons. The lowest BCUT2D eigenvalue weighted by Crippen LogP contribution is -2.07. The lowest BCUT2D eigenvalue weighted by molar-refractivity contribution is 0.0497. The van der Waals surface area contributed by atoms with E-state index in [9.17, 15) is 4.79 Å². The van der Waals surface area contributed by atoms with E-state index in [1.54, 1.807) is 12.1 Å². The molecule has 0 aliphatic rings. The van der Waals surface area contributed by atoms with Gasteiger partial charge in [-0.1, -0.05) is 26.2 Å².